The molecule has 2 saturated carbocycles. The summed E-state index contributed by atoms with van der Waals surface area (Å²) < 4.78 is 13.2. The Hall–Kier alpha value is 0.0969. The molecule has 6 atom stereocenters. The third kappa shape index (κ3) is 4.87. The Labute approximate surface area is 195 Å². The van der Waals surface area contributed by atoms with Crippen LogP contribution in [0.2, 0.25) is 18.1 Å². The highest BCUT2D eigenvalue weighted by Gasteiger charge is 2.51. The molecule has 0 bridgehead atoms. The van der Waals surface area contributed by atoms with Gasteiger partial charge in [0.05, 0.1) is 18.3 Å². The molecule has 0 spiro atoms. The van der Waals surface area contributed by atoms with Crippen molar-refractivity contribution >= 4 is 24.2 Å². The standard InChI is InChI=1S/C26H45BrO2Si/c1-19(22-11-12-23-20(17-27)10-9-14-26(22,23)6)18-28-21-13-15-25(5,16-21)29-30(7,8)24(2,3)4/h13,15,17,19,21-23H,9-12,14,16,18H2,1-8H3/b20-17+/t19-,21+,22+,23?,25-,26+/m0/s1. The van der Waals surface area contributed by atoms with Crippen molar-refractivity contribution in [2.24, 2.45) is 23.2 Å². The van der Waals surface area contributed by atoms with Crippen LogP contribution < -0.4 is 0 Å². The van der Waals surface area contributed by atoms with Crippen LogP contribution in [-0.2, 0) is 9.16 Å². The molecule has 2 nitrogen and oxygen atoms in total. The second-order valence-electron chi connectivity index (χ2n) is 12.4. The smallest absolute Gasteiger partial charge is 0.193 e. The van der Waals surface area contributed by atoms with Gasteiger partial charge in [0, 0.05) is 6.42 Å². The fourth-order valence-electron chi connectivity index (χ4n) is 6.31. The minimum absolute atomic E-state index is 0.180. The van der Waals surface area contributed by atoms with E-state index in [9.17, 15) is 0 Å². The first-order chi connectivity index (χ1) is 13.8. The molecule has 0 aromatic heterocycles. The predicted molar refractivity (Wildman–Crippen MR) is 135 cm³/mol. The van der Waals surface area contributed by atoms with Crippen LogP contribution in [0.1, 0.15) is 80.1 Å². The van der Waals surface area contributed by atoms with Crippen LogP contribution in [0.5, 0.6) is 0 Å². The van der Waals surface area contributed by atoms with Crippen molar-refractivity contribution in [3.63, 3.8) is 0 Å². The fourth-order valence-corrected chi connectivity index (χ4v) is 8.48. The lowest BCUT2D eigenvalue weighted by atomic mass is 9.61. The number of rotatable bonds is 6. The van der Waals surface area contributed by atoms with Crippen LogP contribution in [-0.4, -0.2) is 26.6 Å². The Balaban J connectivity index is 1.55. The highest BCUT2D eigenvalue weighted by atomic mass is 79.9. The van der Waals surface area contributed by atoms with E-state index >= 15 is 0 Å². The van der Waals surface area contributed by atoms with Crippen molar-refractivity contribution in [2.45, 2.75) is 110 Å². The number of fused-ring (bicyclic) bond motifs is 1. The van der Waals surface area contributed by atoms with Crippen molar-refractivity contribution in [1.82, 2.24) is 0 Å². The Bertz CT molecular complexity index is 679. The quantitative estimate of drug-likeness (QED) is 0.272. The topological polar surface area (TPSA) is 18.5 Å². The molecule has 0 aromatic carbocycles. The van der Waals surface area contributed by atoms with Gasteiger partial charge in [0.15, 0.2) is 8.32 Å². The second-order valence-corrected chi connectivity index (χ2v) is 17.5. The first-order valence-electron chi connectivity index (χ1n) is 12.1. The minimum Gasteiger partial charge on any atom is -0.408 e. The molecule has 30 heavy (non-hydrogen) atoms. The number of ether oxygens (including phenoxy) is 1. The lowest BCUT2D eigenvalue weighted by molar-refractivity contribution is -0.00555. The lowest BCUT2D eigenvalue weighted by Gasteiger charge is -2.44. The minimum atomic E-state index is -1.79. The van der Waals surface area contributed by atoms with Gasteiger partial charge < -0.3 is 9.16 Å². The van der Waals surface area contributed by atoms with E-state index in [4.69, 9.17) is 9.16 Å². The lowest BCUT2D eigenvalue weighted by Crippen LogP contribution is -2.47. The predicted octanol–water partition coefficient (Wildman–Crippen LogP) is 8.24. The van der Waals surface area contributed by atoms with Crippen LogP contribution in [0.3, 0.4) is 0 Å². The summed E-state index contributed by atoms with van der Waals surface area (Å²) in [5, 5.41) is 0.230. The summed E-state index contributed by atoms with van der Waals surface area (Å²) in [7, 11) is -1.79. The van der Waals surface area contributed by atoms with Crippen LogP contribution >= 0.6 is 15.9 Å². The Kier molecular flexibility index (Phi) is 7.25. The van der Waals surface area contributed by atoms with Crippen molar-refractivity contribution in [1.29, 1.82) is 0 Å². The van der Waals surface area contributed by atoms with Crippen molar-refractivity contribution in [2.75, 3.05) is 6.61 Å². The molecular formula is C26H45BrO2Si. The number of hydrogen-bond acceptors (Lipinski definition) is 2. The molecule has 1 unspecified atom stereocenters. The third-order valence-corrected chi connectivity index (χ3v) is 14.2. The Morgan fingerprint density at radius 2 is 1.97 bits per heavy atom. The van der Waals surface area contributed by atoms with Crippen molar-refractivity contribution < 1.29 is 9.16 Å². The number of hydrogen-bond donors (Lipinski definition) is 0. The molecule has 4 heteroatoms. The van der Waals surface area contributed by atoms with Crippen molar-refractivity contribution in [3.05, 3.63) is 22.7 Å². The molecule has 0 amide bonds. The van der Waals surface area contributed by atoms with E-state index in [0.29, 0.717) is 11.3 Å². The zero-order valence-corrected chi connectivity index (χ0v) is 23.3. The maximum atomic E-state index is 6.76. The SMILES string of the molecule is C[C@@H](CO[C@@H]1C=C[C@](C)(O[Si](C)(C)C(C)(C)C)C1)[C@H]1CCC2/C(=C/Br)CCC[C@@]21C. The van der Waals surface area contributed by atoms with Crippen LogP contribution in [0.25, 0.3) is 0 Å². The molecule has 0 N–H and O–H groups in total. The van der Waals surface area contributed by atoms with Gasteiger partial charge in [0.25, 0.3) is 0 Å². The highest BCUT2D eigenvalue weighted by molar-refractivity contribution is 9.11. The maximum Gasteiger partial charge on any atom is 0.193 e. The van der Waals surface area contributed by atoms with Gasteiger partial charge in [0.1, 0.15) is 0 Å². The van der Waals surface area contributed by atoms with Crippen molar-refractivity contribution in [3.8, 4) is 0 Å². The molecular weight excluding hydrogens is 452 g/mol. The molecule has 0 aromatic rings. The molecule has 3 rings (SSSR count). The number of allylic oxidation sites excluding steroid dienone is 1. The van der Waals surface area contributed by atoms with E-state index in [0.717, 1.165) is 24.9 Å². The van der Waals surface area contributed by atoms with Gasteiger partial charge in [-0.05, 0) is 85.3 Å². The maximum absolute atomic E-state index is 6.76. The van der Waals surface area contributed by atoms with E-state index in [1.54, 1.807) is 5.57 Å². The Morgan fingerprint density at radius 1 is 1.27 bits per heavy atom. The first kappa shape index (κ1) is 24.7. The number of halogens is 1. The van der Waals surface area contributed by atoms with Crippen LogP contribution in [0.4, 0.5) is 0 Å². The van der Waals surface area contributed by atoms with E-state index in [1.807, 2.05) is 0 Å². The van der Waals surface area contributed by atoms with Gasteiger partial charge in [-0.25, -0.2) is 0 Å². The molecule has 2 fully saturated rings. The summed E-state index contributed by atoms with van der Waals surface area (Å²) in [6, 6.07) is 0. The molecule has 3 aliphatic carbocycles. The highest BCUT2D eigenvalue weighted by Crippen LogP contribution is 2.59. The fraction of sp³-hybridized carbons (Fsp3) is 0.846. The van der Waals surface area contributed by atoms with Gasteiger partial charge in [-0.1, -0.05) is 68.3 Å². The van der Waals surface area contributed by atoms with Gasteiger partial charge in [-0.3, -0.25) is 0 Å². The summed E-state index contributed by atoms with van der Waals surface area (Å²) in [6.07, 6.45) is 12.4. The third-order valence-electron chi connectivity index (χ3n) is 9.00. The summed E-state index contributed by atoms with van der Waals surface area (Å²) in [5.74, 6) is 2.15. The molecule has 0 radical (unpaired) electrons. The largest absolute Gasteiger partial charge is 0.408 e. The van der Waals surface area contributed by atoms with Crippen LogP contribution in [0.15, 0.2) is 22.7 Å². The molecule has 172 valence electrons. The molecule has 0 aliphatic heterocycles. The second kappa shape index (κ2) is 8.80. The first-order valence-corrected chi connectivity index (χ1v) is 15.9. The normalized spacial score (nSPS) is 39.5. The van der Waals surface area contributed by atoms with Gasteiger partial charge in [-0.15, -0.1) is 0 Å². The molecule has 0 saturated heterocycles. The van der Waals surface area contributed by atoms with E-state index in [1.165, 1.54) is 32.1 Å². The monoisotopic (exact) mass is 496 g/mol. The van der Waals surface area contributed by atoms with E-state index in [2.05, 4.69) is 87.7 Å². The zero-order chi connectivity index (χ0) is 22.4. The summed E-state index contributed by atoms with van der Waals surface area (Å²) in [4.78, 5) is 2.23. The average molecular weight is 498 g/mol. The summed E-state index contributed by atoms with van der Waals surface area (Å²) in [5.41, 5.74) is 1.92. The molecule has 3 aliphatic rings. The summed E-state index contributed by atoms with van der Waals surface area (Å²) in [6.45, 7) is 19.7. The van der Waals surface area contributed by atoms with Gasteiger partial charge in [0.2, 0.25) is 0 Å². The van der Waals surface area contributed by atoms with E-state index < -0.39 is 8.32 Å². The van der Waals surface area contributed by atoms with E-state index in [-0.39, 0.29) is 16.7 Å². The average Bonchev–Trinajstić information content (AvgIpc) is 3.17. The van der Waals surface area contributed by atoms with Crippen LogP contribution in [0, 0.1) is 23.2 Å². The van der Waals surface area contributed by atoms with Gasteiger partial charge >= 0.3 is 0 Å². The zero-order valence-electron chi connectivity index (χ0n) is 20.7. The summed E-state index contributed by atoms with van der Waals surface area (Å²) >= 11 is 3.64. The Morgan fingerprint density at radius 3 is 2.60 bits per heavy atom. The molecule has 0 heterocycles. The van der Waals surface area contributed by atoms with Gasteiger partial charge in [-0.2, -0.15) is 0 Å².